The Balaban J connectivity index is 0.000000149. The Morgan fingerprint density at radius 3 is 1.64 bits per heavy atom. The lowest BCUT2D eigenvalue weighted by molar-refractivity contribution is -0.132. The fourth-order valence-corrected chi connectivity index (χ4v) is 0.871. The first kappa shape index (κ1) is 11.2. The molecule has 0 aliphatic carbocycles. The van der Waals surface area contributed by atoms with E-state index in [0.29, 0.717) is 0 Å². The zero-order valence-corrected chi connectivity index (χ0v) is 8.70. The number of hydrogen-bond acceptors (Lipinski definition) is 3. The van der Waals surface area contributed by atoms with Crippen LogP contribution in [0, 0.1) is 0 Å². The average molecular weight is 198 g/mol. The molecule has 2 aliphatic heterocycles. The summed E-state index contributed by atoms with van der Waals surface area (Å²) in [4.78, 5) is 14.5. The van der Waals surface area contributed by atoms with Crippen LogP contribution in [-0.2, 0) is 4.79 Å². The van der Waals surface area contributed by atoms with Crippen LogP contribution in [0.2, 0.25) is 0 Å². The lowest BCUT2D eigenvalue weighted by atomic mass is 10.4. The van der Waals surface area contributed by atoms with E-state index >= 15 is 0 Å². The van der Waals surface area contributed by atoms with Crippen molar-refractivity contribution in [3.63, 3.8) is 0 Å². The van der Waals surface area contributed by atoms with Gasteiger partial charge in [0, 0.05) is 44.8 Å². The predicted octanol–water partition coefficient (Wildman–Crippen LogP) is 0.265. The van der Waals surface area contributed by atoms with Crippen molar-refractivity contribution in [1.29, 1.82) is 0 Å². The SMILES string of the molecule is C1CN1CCN1CC1.C=C(C)C(=O)O. The van der Waals surface area contributed by atoms with Gasteiger partial charge in [-0.2, -0.15) is 0 Å². The standard InChI is InChI=1S/C6H12N2.C4H6O2/c1-2-7(1)5-6-8-3-4-8;1-3(2)4(5)6/h1-6H2;1H2,2H3,(H,5,6). The van der Waals surface area contributed by atoms with Gasteiger partial charge in [-0.15, -0.1) is 0 Å². The van der Waals surface area contributed by atoms with Gasteiger partial charge in [0.05, 0.1) is 0 Å². The molecule has 1 N–H and O–H groups in total. The van der Waals surface area contributed by atoms with Crippen LogP contribution in [0.15, 0.2) is 12.2 Å². The first-order valence-electron chi connectivity index (χ1n) is 4.93. The number of hydrogen-bond donors (Lipinski definition) is 1. The predicted molar refractivity (Wildman–Crippen MR) is 55.3 cm³/mol. The molecular weight excluding hydrogens is 180 g/mol. The highest BCUT2D eigenvalue weighted by atomic mass is 16.4. The van der Waals surface area contributed by atoms with Gasteiger partial charge in [-0.1, -0.05) is 6.58 Å². The van der Waals surface area contributed by atoms with Crippen LogP contribution in [0.1, 0.15) is 6.92 Å². The molecule has 2 heterocycles. The monoisotopic (exact) mass is 198 g/mol. The van der Waals surface area contributed by atoms with E-state index in [0.717, 1.165) is 0 Å². The van der Waals surface area contributed by atoms with E-state index in [9.17, 15) is 4.79 Å². The first-order chi connectivity index (χ1) is 6.59. The highest BCUT2D eigenvalue weighted by Gasteiger charge is 2.21. The molecule has 0 saturated carbocycles. The molecule has 14 heavy (non-hydrogen) atoms. The third-order valence-corrected chi connectivity index (χ3v) is 2.18. The maximum atomic E-state index is 9.60. The number of aliphatic carboxylic acids is 1. The van der Waals surface area contributed by atoms with E-state index in [1.54, 1.807) is 0 Å². The summed E-state index contributed by atoms with van der Waals surface area (Å²) in [5, 5.41) is 7.89. The summed E-state index contributed by atoms with van der Waals surface area (Å²) in [6.07, 6.45) is 0. The Bertz CT molecular complexity index is 196. The van der Waals surface area contributed by atoms with Crippen molar-refractivity contribution in [2.45, 2.75) is 6.92 Å². The summed E-state index contributed by atoms with van der Waals surface area (Å²) in [6.45, 7) is 12.7. The first-order valence-corrected chi connectivity index (χ1v) is 4.93. The fraction of sp³-hybridized carbons (Fsp3) is 0.700. The Kier molecular flexibility index (Phi) is 4.10. The van der Waals surface area contributed by atoms with Crippen molar-refractivity contribution in [3.8, 4) is 0 Å². The Labute approximate surface area is 84.8 Å². The second-order valence-electron chi connectivity index (χ2n) is 3.77. The van der Waals surface area contributed by atoms with E-state index in [1.807, 2.05) is 0 Å². The van der Waals surface area contributed by atoms with Crippen molar-refractivity contribution in [2.24, 2.45) is 0 Å². The molecule has 2 saturated heterocycles. The molecule has 0 atom stereocenters. The van der Waals surface area contributed by atoms with Crippen molar-refractivity contribution in [1.82, 2.24) is 9.80 Å². The molecule has 0 unspecified atom stereocenters. The number of carboxylic acids is 1. The Morgan fingerprint density at radius 2 is 1.50 bits per heavy atom. The fourth-order valence-electron chi connectivity index (χ4n) is 0.871. The summed E-state index contributed by atoms with van der Waals surface area (Å²) in [7, 11) is 0. The third kappa shape index (κ3) is 5.72. The van der Waals surface area contributed by atoms with E-state index in [4.69, 9.17) is 5.11 Å². The van der Waals surface area contributed by atoms with Gasteiger partial charge in [0.15, 0.2) is 0 Å². The molecule has 4 nitrogen and oxygen atoms in total. The van der Waals surface area contributed by atoms with E-state index in [-0.39, 0.29) is 5.57 Å². The van der Waals surface area contributed by atoms with Crippen LogP contribution in [-0.4, -0.2) is 60.1 Å². The van der Waals surface area contributed by atoms with Gasteiger partial charge in [0.2, 0.25) is 0 Å². The minimum atomic E-state index is -0.935. The van der Waals surface area contributed by atoms with Crippen LogP contribution >= 0.6 is 0 Å². The molecule has 2 fully saturated rings. The van der Waals surface area contributed by atoms with Crippen LogP contribution in [0.25, 0.3) is 0 Å². The molecule has 4 heteroatoms. The maximum absolute atomic E-state index is 9.60. The van der Waals surface area contributed by atoms with Gasteiger partial charge in [-0.3, -0.25) is 9.80 Å². The lowest BCUT2D eigenvalue weighted by Crippen LogP contribution is -2.11. The number of carboxylic acid groups (broad SMARTS) is 1. The topological polar surface area (TPSA) is 43.3 Å². The number of carbonyl (C=O) groups is 1. The van der Waals surface area contributed by atoms with Crippen LogP contribution < -0.4 is 0 Å². The van der Waals surface area contributed by atoms with Gasteiger partial charge in [-0.05, 0) is 6.92 Å². The smallest absolute Gasteiger partial charge is 0.330 e. The van der Waals surface area contributed by atoms with E-state index < -0.39 is 5.97 Å². The Morgan fingerprint density at radius 1 is 1.21 bits per heavy atom. The van der Waals surface area contributed by atoms with Crippen LogP contribution in [0.5, 0.6) is 0 Å². The van der Waals surface area contributed by atoms with Gasteiger partial charge >= 0.3 is 5.97 Å². The summed E-state index contributed by atoms with van der Waals surface area (Å²) in [5.41, 5.74) is 0.176. The molecule has 80 valence electrons. The molecule has 0 aromatic rings. The molecule has 0 amide bonds. The van der Waals surface area contributed by atoms with Crippen molar-refractivity contribution < 1.29 is 9.90 Å². The second kappa shape index (κ2) is 5.12. The maximum Gasteiger partial charge on any atom is 0.330 e. The minimum Gasteiger partial charge on any atom is -0.478 e. The zero-order chi connectivity index (χ0) is 10.6. The molecule has 0 spiro atoms. The van der Waals surface area contributed by atoms with Gasteiger partial charge < -0.3 is 5.11 Å². The van der Waals surface area contributed by atoms with Crippen LogP contribution in [0.3, 0.4) is 0 Å². The average Bonchev–Trinajstić information content (AvgIpc) is 2.98. The summed E-state index contributed by atoms with van der Waals surface area (Å²) >= 11 is 0. The number of nitrogens with zero attached hydrogens (tertiary/aromatic N) is 2. The number of rotatable bonds is 4. The molecule has 2 rings (SSSR count). The van der Waals surface area contributed by atoms with E-state index in [2.05, 4.69) is 16.4 Å². The molecule has 0 bridgehead atoms. The lowest BCUT2D eigenvalue weighted by Gasteiger charge is -1.98. The van der Waals surface area contributed by atoms with Gasteiger partial charge in [0.25, 0.3) is 0 Å². The van der Waals surface area contributed by atoms with Crippen molar-refractivity contribution >= 4 is 5.97 Å². The highest BCUT2D eigenvalue weighted by Crippen LogP contribution is 2.06. The molecule has 0 aromatic carbocycles. The van der Waals surface area contributed by atoms with Gasteiger partial charge in [0.1, 0.15) is 0 Å². The molecule has 0 aromatic heterocycles. The van der Waals surface area contributed by atoms with Crippen LogP contribution in [0.4, 0.5) is 0 Å². The summed E-state index contributed by atoms with van der Waals surface area (Å²) < 4.78 is 0. The zero-order valence-electron chi connectivity index (χ0n) is 8.70. The minimum absolute atomic E-state index is 0.176. The Hall–Kier alpha value is -0.870. The second-order valence-corrected chi connectivity index (χ2v) is 3.77. The normalized spacial score (nSPS) is 19.5. The highest BCUT2D eigenvalue weighted by molar-refractivity contribution is 5.84. The molecular formula is C10H18N2O2. The molecule has 0 radical (unpaired) electrons. The molecule has 2 aliphatic rings. The third-order valence-electron chi connectivity index (χ3n) is 2.18. The summed E-state index contributed by atoms with van der Waals surface area (Å²) in [6, 6.07) is 0. The van der Waals surface area contributed by atoms with E-state index in [1.165, 1.54) is 46.2 Å². The van der Waals surface area contributed by atoms with Gasteiger partial charge in [-0.25, -0.2) is 4.79 Å². The van der Waals surface area contributed by atoms with Crippen molar-refractivity contribution in [3.05, 3.63) is 12.2 Å². The largest absolute Gasteiger partial charge is 0.478 e. The van der Waals surface area contributed by atoms with Crippen molar-refractivity contribution in [2.75, 3.05) is 39.3 Å². The summed E-state index contributed by atoms with van der Waals surface area (Å²) in [5.74, 6) is -0.935. The quantitative estimate of drug-likeness (QED) is 0.520.